The first kappa shape index (κ1) is 57.9. The number of carbonyl (C=O) groups is 10. The zero-order chi connectivity index (χ0) is 48.6. The Morgan fingerprint density at radius 1 is 0.619 bits per heavy atom. The summed E-state index contributed by atoms with van der Waals surface area (Å²) in [6.45, 7) is 2.71. The fourth-order valence-corrected chi connectivity index (χ4v) is 5.96. The molecule has 0 aromatic carbocycles. The lowest BCUT2D eigenvalue weighted by molar-refractivity contribution is -0.142. The Bertz CT molecular complexity index is 1640. The highest BCUT2D eigenvalue weighted by Gasteiger charge is 2.34. The molecule has 29 heteroatoms. The molecule has 26 nitrogen and oxygen atoms in total. The summed E-state index contributed by atoms with van der Waals surface area (Å²) in [5.74, 6) is -10.6. The molecule has 0 saturated carbocycles. The second-order valence-electron chi connectivity index (χ2n) is 13.9. The molecule has 0 saturated heterocycles. The number of aliphatic imine (C=N–C) groups is 1. The summed E-state index contributed by atoms with van der Waals surface area (Å²) < 4.78 is 0. The molecule has 10 atom stereocenters. The van der Waals surface area contributed by atoms with Crippen molar-refractivity contribution in [2.75, 3.05) is 36.7 Å². The minimum atomic E-state index is -1.79. The van der Waals surface area contributed by atoms with Gasteiger partial charge in [-0.15, -0.1) is 0 Å². The molecule has 0 aliphatic heterocycles. The van der Waals surface area contributed by atoms with Crippen molar-refractivity contribution in [2.45, 2.75) is 107 Å². The Morgan fingerprint density at radius 3 is 1.54 bits per heavy atom. The molecular formula is C34H61N13O13S3. The standard InChI is InChI=1S/C34H61N13O13S3/c1-14(41-30(56)21(12-61)46-32(58)24(16(3)49)47-27(53)17(35)7-9-63-4)25(51)40-15(2)26(52)45-22(13-62)31(57)44-20(11-48)29(55)43-19(10-23(36)50)28(54)42-18(33(59)60)6-5-8-39-34(37)38/h14-22,24,48-49,61-62H,5-13,35H2,1-4H3,(H2,36,50)(H,40,51)(H,41,56)(H,42,54)(H,43,55)(H,44,57)(H,45,52)(H,46,58)(H,47,53)(H,59,60)(H4,37,38,39)/t14-,15-,16+,17-,18-,19-,20-,21-,22-,24-/m0/s1. The predicted octanol–water partition coefficient (Wildman–Crippen LogP) is -7.77. The SMILES string of the molecule is CSCC[C@H](N)C(=O)N[C@H](C(=O)N[C@@H](CS)C(=O)N[C@@H](C)C(=O)N[C@@H](C)C(=O)N[C@@H](CS)C(=O)N[C@@H](CO)C(=O)N[C@@H](CC(N)=O)C(=O)N[C@@H](CCCN=C(N)N)C(=O)O)[C@@H](C)O. The number of carbonyl (C=O) groups excluding carboxylic acids is 9. The Hall–Kier alpha value is -5.10. The number of nitrogens with two attached hydrogens (primary N) is 4. The molecule has 0 radical (unpaired) electrons. The Labute approximate surface area is 378 Å². The van der Waals surface area contributed by atoms with Crippen molar-refractivity contribution in [1.29, 1.82) is 0 Å². The number of hydrogen-bond donors (Lipinski definition) is 17. The van der Waals surface area contributed by atoms with Gasteiger partial charge in [-0.25, -0.2) is 4.79 Å². The fourth-order valence-electron chi connectivity index (χ4n) is 4.95. The molecule has 0 bridgehead atoms. The van der Waals surface area contributed by atoms with Crippen molar-refractivity contribution < 1.29 is 63.3 Å². The number of amides is 9. The van der Waals surface area contributed by atoms with Crippen LogP contribution in [0.2, 0.25) is 0 Å². The van der Waals surface area contributed by atoms with E-state index >= 15 is 0 Å². The van der Waals surface area contributed by atoms with Crippen molar-refractivity contribution in [3.8, 4) is 0 Å². The molecule has 0 rings (SSSR count). The van der Waals surface area contributed by atoms with E-state index in [0.717, 1.165) is 0 Å². The van der Waals surface area contributed by atoms with Crippen LogP contribution >= 0.6 is 37.0 Å². The number of hydrogen-bond acceptors (Lipinski definition) is 17. The van der Waals surface area contributed by atoms with Crippen LogP contribution < -0.4 is 65.5 Å². The molecule has 0 aromatic heterocycles. The number of thiol groups is 2. The van der Waals surface area contributed by atoms with Crippen molar-refractivity contribution >= 4 is 102 Å². The van der Waals surface area contributed by atoms with Gasteiger partial charge in [0.25, 0.3) is 0 Å². The van der Waals surface area contributed by atoms with Gasteiger partial charge >= 0.3 is 5.97 Å². The van der Waals surface area contributed by atoms with E-state index in [1.165, 1.54) is 32.5 Å². The van der Waals surface area contributed by atoms with E-state index in [1.807, 2.05) is 6.26 Å². The number of nitrogens with one attached hydrogen (secondary N) is 8. The van der Waals surface area contributed by atoms with Gasteiger partial charge in [-0.05, 0) is 52.0 Å². The molecule has 0 aromatic rings. The van der Waals surface area contributed by atoms with E-state index in [0.29, 0.717) is 12.2 Å². The summed E-state index contributed by atoms with van der Waals surface area (Å²) in [5.41, 5.74) is 21.5. The highest BCUT2D eigenvalue weighted by Crippen LogP contribution is 2.05. The molecule has 0 heterocycles. The smallest absolute Gasteiger partial charge is 0.326 e. The van der Waals surface area contributed by atoms with E-state index in [2.05, 4.69) is 72.8 Å². The van der Waals surface area contributed by atoms with Crippen LogP contribution in [0.5, 0.6) is 0 Å². The molecule has 0 spiro atoms. The average Bonchev–Trinajstić information content (AvgIpc) is 3.21. The van der Waals surface area contributed by atoms with Crippen LogP contribution in [0, 0.1) is 0 Å². The fraction of sp³-hybridized carbons (Fsp3) is 0.676. The number of guanidine groups is 1. The number of carboxylic acid groups (broad SMARTS) is 1. The molecule has 0 aliphatic rings. The molecule has 0 aliphatic carbocycles. The van der Waals surface area contributed by atoms with Gasteiger partial charge in [-0.1, -0.05) is 0 Å². The van der Waals surface area contributed by atoms with E-state index in [9.17, 15) is 63.3 Å². The van der Waals surface area contributed by atoms with Crippen molar-refractivity contribution in [1.82, 2.24) is 42.5 Å². The first-order valence-corrected chi connectivity index (χ1v) is 21.8. The van der Waals surface area contributed by atoms with Crippen molar-refractivity contribution in [3.63, 3.8) is 0 Å². The van der Waals surface area contributed by atoms with Gasteiger partial charge in [0.1, 0.15) is 48.3 Å². The summed E-state index contributed by atoms with van der Waals surface area (Å²) >= 11 is 9.57. The lowest BCUT2D eigenvalue weighted by atomic mass is 10.1. The van der Waals surface area contributed by atoms with Crippen LogP contribution in [0.4, 0.5) is 0 Å². The lowest BCUT2D eigenvalue weighted by Crippen LogP contribution is -2.61. The van der Waals surface area contributed by atoms with Crippen LogP contribution in [0.3, 0.4) is 0 Å². The summed E-state index contributed by atoms with van der Waals surface area (Å²) in [5, 5.41) is 47.7. The third-order valence-electron chi connectivity index (χ3n) is 8.58. The number of aliphatic hydroxyl groups is 2. The molecule has 0 fully saturated rings. The van der Waals surface area contributed by atoms with Crippen LogP contribution in [-0.2, 0) is 47.9 Å². The average molecular weight is 956 g/mol. The predicted molar refractivity (Wildman–Crippen MR) is 236 cm³/mol. The molecule has 63 heavy (non-hydrogen) atoms. The highest BCUT2D eigenvalue weighted by atomic mass is 32.2. The van der Waals surface area contributed by atoms with Gasteiger partial charge in [0, 0.05) is 18.1 Å². The van der Waals surface area contributed by atoms with E-state index in [1.54, 1.807) is 0 Å². The second kappa shape index (κ2) is 30.1. The number of aliphatic hydroxyl groups excluding tert-OH is 2. The number of nitrogens with zero attached hydrogens (tertiary/aromatic N) is 1. The molecule has 9 amide bonds. The molecule has 19 N–H and O–H groups in total. The van der Waals surface area contributed by atoms with Gasteiger partial charge in [-0.3, -0.25) is 48.1 Å². The maximum absolute atomic E-state index is 13.1. The van der Waals surface area contributed by atoms with Crippen molar-refractivity contribution in [3.05, 3.63) is 0 Å². The van der Waals surface area contributed by atoms with E-state index < -0.39 is 133 Å². The van der Waals surface area contributed by atoms with Gasteiger partial charge in [0.05, 0.1) is 25.2 Å². The topological polar surface area (TPSA) is 444 Å². The van der Waals surface area contributed by atoms with Gasteiger partial charge in [0.15, 0.2) is 5.96 Å². The monoisotopic (exact) mass is 955 g/mol. The second-order valence-corrected chi connectivity index (χ2v) is 15.6. The van der Waals surface area contributed by atoms with E-state index in [-0.39, 0.29) is 36.9 Å². The Balaban J connectivity index is 5.51. The third-order valence-corrected chi connectivity index (χ3v) is 9.96. The minimum Gasteiger partial charge on any atom is -0.480 e. The van der Waals surface area contributed by atoms with Gasteiger partial charge in [-0.2, -0.15) is 37.0 Å². The van der Waals surface area contributed by atoms with Crippen LogP contribution in [-0.4, -0.2) is 178 Å². The number of carboxylic acids is 1. The van der Waals surface area contributed by atoms with Gasteiger partial charge in [0.2, 0.25) is 53.2 Å². The minimum absolute atomic E-state index is 0.0386. The van der Waals surface area contributed by atoms with Crippen LogP contribution in [0.25, 0.3) is 0 Å². The Morgan fingerprint density at radius 2 is 1.06 bits per heavy atom. The van der Waals surface area contributed by atoms with Crippen LogP contribution in [0.1, 0.15) is 46.5 Å². The molecular weight excluding hydrogens is 895 g/mol. The maximum atomic E-state index is 13.1. The lowest BCUT2D eigenvalue weighted by Gasteiger charge is -2.26. The number of thioether (sulfide) groups is 1. The van der Waals surface area contributed by atoms with E-state index in [4.69, 9.17) is 22.9 Å². The van der Waals surface area contributed by atoms with Crippen molar-refractivity contribution in [2.24, 2.45) is 27.9 Å². The van der Waals surface area contributed by atoms with Gasteiger partial charge < -0.3 is 80.8 Å². The van der Waals surface area contributed by atoms with Crippen LogP contribution in [0.15, 0.2) is 4.99 Å². The normalized spacial score (nSPS) is 15.6. The first-order chi connectivity index (χ1) is 29.4. The molecule has 358 valence electrons. The number of primary amides is 1. The zero-order valence-electron chi connectivity index (χ0n) is 35.1. The summed E-state index contributed by atoms with van der Waals surface area (Å²) in [4.78, 5) is 131. The summed E-state index contributed by atoms with van der Waals surface area (Å²) in [7, 11) is 0. The summed E-state index contributed by atoms with van der Waals surface area (Å²) in [6.07, 6.45) is -0.0958. The number of rotatable bonds is 30. The number of aliphatic carboxylic acids is 1. The maximum Gasteiger partial charge on any atom is 0.326 e. The highest BCUT2D eigenvalue weighted by molar-refractivity contribution is 7.98. The first-order valence-electron chi connectivity index (χ1n) is 19.2. The third kappa shape index (κ3) is 22.2. The Kier molecular flexibility index (Phi) is 27.6. The largest absolute Gasteiger partial charge is 0.480 e. The molecule has 0 unspecified atom stereocenters. The quantitative estimate of drug-likeness (QED) is 0.0138. The zero-order valence-corrected chi connectivity index (χ0v) is 37.7. The summed E-state index contributed by atoms with van der Waals surface area (Å²) in [6, 6.07) is -13.0.